The van der Waals surface area contributed by atoms with Crippen LogP contribution in [0.5, 0.6) is 0 Å². The van der Waals surface area contributed by atoms with E-state index in [2.05, 4.69) is 30.8 Å². The zero-order chi connectivity index (χ0) is 7.56. The minimum atomic E-state index is 0.517. The molecule has 0 aromatic heterocycles. The van der Waals surface area contributed by atoms with Gasteiger partial charge in [0.1, 0.15) is 0 Å². The molecule has 0 aromatic rings. The Bertz CT molecular complexity index is 122. The zero-order valence-electron chi connectivity index (χ0n) is 6.80. The first-order chi connectivity index (χ1) is 4.75. The molecular weight excluding hydrogens is 124 g/mol. The van der Waals surface area contributed by atoms with Crippen LogP contribution >= 0.6 is 0 Å². The van der Waals surface area contributed by atoms with Gasteiger partial charge < -0.3 is 5.32 Å². The second-order valence-corrected chi connectivity index (χ2v) is 2.98. The highest BCUT2D eigenvalue weighted by atomic mass is 15.2. The molecule has 1 heterocycles. The van der Waals surface area contributed by atoms with Gasteiger partial charge >= 0.3 is 0 Å². The van der Waals surface area contributed by atoms with Crippen LogP contribution < -0.4 is 5.32 Å². The number of hydrogen-bond acceptors (Lipinski definition) is 2. The fraction of sp³-hybridized carbons (Fsp3) is 0.750. The summed E-state index contributed by atoms with van der Waals surface area (Å²) in [4.78, 5) is 2.35. The highest BCUT2D eigenvalue weighted by Crippen LogP contribution is 2.06. The lowest BCUT2D eigenvalue weighted by Crippen LogP contribution is -2.53. The van der Waals surface area contributed by atoms with E-state index < -0.39 is 0 Å². The lowest BCUT2D eigenvalue weighted by Gasteiger charge is -2.36. The van der Waals surface area contributed by atoms with Gasteiger partial charge in [-0.1, -0.05) is 6.08 Å². The largest absolute Gasteiger partial charge is 0.313 e. The van der Waals surface area contributed by atoms with Crippen molar-refractivity contribution >= 4 is 0 Å². The van der Waals surface area contributed by atoms with Crippen molar-refractivity contribution < 1.29 is 0 Å². The van der Waals surface area contributed by atoms with Gasteiger partial charge in [-0.2, -0.15) is 0 Å². The Labute approximate surface area is 62.9 Å². The third-order valence-corrected chi connectivity index (χ3v) is 2.28. The molecule has 58 valence electrons. The number of likely N-dealkylation sites (N-methyl/N-ethyl adjacent to an activating group) is 1. The minimum absolute atomic E-state index is 0.517. The summed E-state index contributed by atoms with van der Waals surface area (Å²) in [5, 5.41) is 3.35. The second-order valence-electron chi connectivity index (χ2n) is 2.98. The van der Waals surface area contributed by atoms with Crippen LogP contribution in [0.15, 0.2) is 12.7 Å². The third kappa shape index (κ3) is 1.39. The Morgan fingerprint density at radius 3 is 2.80 bits per heavy atom. The molecule has 0 bridgehead atoms. The van der Waals surface area contributed by atoms with E-state index in [4.69, 9.17) is 0 Å². The smallest absolute Gasteiger partial charge is 0.0400 e. The summed E-state index contributed by atoms with van der Waals surface area (Å²) in [6.45, 7) is 8.16. The SMILES string of the molecule is C=C[C@H]1CNC[C@@H](C)N1C. The van der Waals surface area contributed by atoms with E-state index in [0.29, 0.717) is 12.1 Å². The molecule has 1 fully saturated rings. The molecule has 0 saturated carbocycles. The van der Waals surface area contributed by atoms with Gasteiger partial charge in [0.05, 0.1) is 0 Å². The highest BCUT2D eigenvalue weighted by molar-refractivity contribution is 4.93. The van der Waals surface area contributed by atoms with E-state index >= 15 is 0 Å². The Morgan fingerprint density at radius 2 is 2.30 bits per heavy atom. The number of nitrogens with one attached hydrogen (secondary N) is 1. The molecule has 0 radical (unpaired) electrons. The van der Waals surface area contributed by atoms with Crippen LogP contribution in [0.2, 0.25) is 0 Å². The molecular formula is C8H16N2. The van der Waals surface area contributed by atoms with Crippen molar-refractivity contribution in [1.29, 1.82) is 0 Å². The molecule has 1 rings (SSSR count). The average molecular weight is 140 g/mol. The summed E-state index contributed by atoms with van der Waals surface area (Å²) in [7, 11) is 2.15. The highest BCUT2D eigenvalue weighted by Gasteiger charge is 2.20. The van der Waals surface area contributed by atoms with Crippen molar-refractivity contribution in [1.82, 2.24) is 10.2 Å². The van der Waals surface area contributed by atoms with Crippen LogP contribution in [0.25, 0.3) is 0 Å². The Balaban J connectivity index is 2.50. The molecule has 1 saturated heterocycles. The Hall–Kier alpha value is -0.340. The summed E-state index contributed by atoms with van der Waals surface area (Å²) >= 11 is 0. The van der Waals surface area contributed by atoms with Gasteiger partial charge in [0.2, 0.25) is 0 Å². The lowest BCUT2D eigenvalue weighted by molar-refractivity contribution is 0.170. The van der Waals surface area contributed by atoms with E-state index in [1.165, 1.54) is 0 Å². The normalized spacial score (nSPS) is 35.8. The summed E-state index contributed by atoms with van der Waals surface area (Å²) in [5.41, 5.74) is 0. The van der Waals surface area contributed by atoms with Gasteiger partial charge in [0.25, 0.3) is 0 Å². The van der Waals surface area contributed by atoms with Crippen LogP contribution in [-0.2, 0) is 0 Å². The number of piperazine rings is 1. The van der Waals surface area contributed by atoms with Crippen molar-refractivity contribution in [2.45, 2.75) is 19.0 Å². The average Bonchev–Trinajstić information content (AvgIpc) is 1.95. The zero-order valence-corrected chi connectivity index (χ0v) is 6.80. The van der Waals surface area contributed by atoms with E-state index in [0.717, 1.165) is 13.1 Å². The molecule has 0 aliphatic carbocycles. The molecule has 1 N–H and O–H groups in total. The third-order valence-electron chi connectivity index (χ3n) is 2.28. The van der Waals surface area contributed by atoms with Gasteiger partial charge in [-0.15, -0.1) is 6.58 Å². The van der Waals surface area contributed by atoms with Crippen molar-refractivity contribution in [3.63, 3.8) is 0 Å². The fourth-order valence-corrected chi connectivity index (χ4v) is 1.30. The first-order valence-electron chi connectivity index (χ1n) is 3.81. The molecule has 2 heteroatoms. The van der Waals surface area contributed by atoms with Gasteiger partial charge in [-0.05, 0) is 14.0 Å². The molecule has 0 amide bonds. The maximum Gasteiger partial charge on any atom is 0.0400 e. The van der Waals surface area contributed by atoms with Crippen molar-refractivity contribution in [2.24, 2.45) is 0 Å². The topological polar surface area (TPSA) is 15.3 Å². The first-order valence-corrected chi connectivity index (χ1v) is 3.81. The maximum atomic E-state index is 3.79. The van der Waals surface area contributed by atoms with E-state index in [-0.39, 0.29) is 0 Å². The molecule has 0 spiro atoms. The lowest BCUT2D eigenvalue weighted by atomic mass is 10.1. The Kier molecular flexibility index (Phi) is 2.46. The van der Waals surface area contributed by atoms with Crippen LogP contribution in [-0.4, -0.2) is 37.1 Å². The molecule has 1 aliphatic rings. The van der Waals surface area contributed by atoms with Crippen LogP contribution in [0, 0.1) is 0 Å². The Morgan fingerprint density at radius 1 is 1.60 bits per heavy atom. The van der Waals surface area contributed by atoms with Gasteiger partial charge in [-0.25, -0.2) is 0 Å². The van der Waals surface area contributed by atoms with Gasteiger partial charge in [0.15, 0.2) is 0 Å². The van der Waals surface area contributed by atoms with E-state index in [9.17, 15) is 0 Å². The molecule has 1 aliphatic heterocycles. The number of hydrogen-bond donors (Lipinski definition) is 1. The van der Waals surface area contributed by atoms with Crippen molar-refractivity contribution in [3.8, 4) is 0 Å². The monoisotopic (exact) mass is 140 g/mol. The van der Waals surface area contributed by atoms with Gasteiger partial charge in [-0.3, -0.25) is 4.90 Å². The maximum absolute atomic E-state index is 3.79. The summed E-state index contributed by atoms with van der Waals surface area (Å²) < 4.78 is 0. The fourth-order valence-electron chi connectivity index (χ4n) is 1.30. The molecule has 0 aromatic carbocycles. The number of nitrogens with zero attached hydrogens (tertiary/aromatic N) is 1. The van der Waals surface area contributed by atoms with E-state index in [1.807, 2.05) is 6.08 Å². The van der Waals surface area contributed by atoms with Crippen molar-refractivity contribution in [2.75, 3.05) is 20.1 Å². The predicted octanol–water partition coefficient (Wildman–Crippen LogP) is 0.464. The minimum Gasteiger partial charge on any atom is -0.313 e. The number of rotatable bonds is 1. The second kappa shape index (κ2) is 3.17. The van der Waals surface area contributed by atoms with Crippen LogP contribution in [0.4, 0.5) is 0 Å². The predicted molar refractivity (Wildman–Crippen MR) is 44.1 cm³/mol. The van der Waals surface area contributed by atoms with E-state index in [1.54, 1.807) is 0 Å². The molecule has 2 nitrogen and oxygen atoms in total. The quantitative estimate of drug-likeness (QED) is 0.532. The summed E-state index contributed by atoms with van der Waals surface area (Å²) in [5.74, 6) is 0. The van der Waals surface area contributed by atoms with Crippen LogP contribution in [0.3, 0.4) is 0 Å². The molecule has 10 heavy (non-hydrogen) atoms. The molecule has 0 unspecified atom stereocenters. The summed E-state index contributed by atoms with van der Waals surface area (Å²) in [6.07, 6.45) is 2.00. The van der Waals surface area contributed by atoms with Gasteiger partial charge in [0, 0.05) is 25.2 Å². The summed E-state index contributed by atoms with van der Waals surface area (Å²) in [6, 6.07) is 1.15. The van der Waals surface area contributed by atoms with Crippen LogP contribution in [0.1, 0.15) is 6.92 Å². The molecule has 2 atom stereocenters. The first kappa shape index (κ1) is 7.76. The van der Waals surface area contributed by atoms with Crippen molar-refractivity contribution in [3.05, 3.63) is 12.7 Å². The standard InChI is InChI=1S/C8H16N2/c1-4-8-6-9-5-7(2)10(8)3/h4,7-9H,1,5-6H2,2-3H3/t7-,8+/m1/s1.